The predicted molar refractivity (Wildman–Crippen MR) is 74.2 cm³/mol. The first kappa shape index (κ1) is 15.5. The zero-order valence-electron chi connectivity index (χ0n) is 12.3. The summed E-state index contributed by atoms with van der Waals surface area (Å²) in [7, 11) is 0. The van der Waals surface area contributed by atoms with E-state index in [0.717, 1.165) is 31.6 Å². The molecule has 106 valence electrons. The second-order valence-corrected chi connectivity index (χ2v) is 6.95. The van der Waals surface area contributed by atoms with Crippen molar-refractivity contribution in [1.82, 2.24) is 5.32 Å². The molecule has 1 rings (SSSR count). The highest BCUT2D eigenvalue weighted by molar-refractivity contribution is 5.78. The van der Waals surface area contributed by atoms with Crippen LogP contribution < -0.4 is 5.32 Å². The summed E-state index contributed by atoms with van der Waals surface area (Å²) in [6.45, 7) is 9.55. The molecule has 1 unspecified atom stereocenters. The Bertz CT molecular complexity index is 262. The molecule has 0 aromatic carbocycles. The van der Waals surface area contributed by atoms with Gasteiger partial charge >= 0.3 is 0 Å². The van der Waals surface area contributed by atoms with Crippen LogP contribution in [0.5, 0.6) is 0 Å². The van der Waals surface area contributed by atoms with Gasteiger partial charge in [-0.1, -0.05) is 27.7 Å². The van der Waals surface area contributed by atoms with Crippen LogP contribution in [0.25, 0.3) is 0 Å². The van der Waals surface area contributed by atoms with Gasteiger partial charge in [-0.25, -0.2) is 0 Å². The SMILES string of the molecule is CC(CO)CNC(=O)C1CCC(C(C)(C)C)CC1. The first-order valence-electron chi connectivity index (χ1n) is 7.23. The quantitative estimate of drug-likeness (QED) is 0.811. The van der Waals surface area contributed by atoms with E-state index >= 15 is 0 Å². The summed E-state index contributed by atoms with van der Waals surface area (Å²) in [5.74, 6) is 1.27. The fourth-order valence-electron chi connectivity index (χ4n) is 2.71. The van der Waals surface area contributed by atoms with Crippen LogP contribution in [0, 0.1) is 23.2 Å². The van der Waals surface area contributed by atoms with Crippen LogP contribution in [0.3, 0.4) is 0 Å². The molecule has 1 amide bonds. The number of aliphatic hydroxyl groups is 1. The van der Waals surface area contributed by atoms with E-state index in [-0.39, 0.29) is 24.3 Å². The molecular formula is C15H29NO2. The summed E-state index contributed by atoms with van der Waals surface area (Å²) in [6, 6.07) is 0. The van der Waals surface area contributed by atoms with E-state index in [1.54, 1.807) is 0 Å². The van der Waals surface area contributed by atoms with Gasteiger partial charge in [0.1, 0.15) is 0 Å². The molecule has 1 aliphatic carbocycles. The lowest BCUT2D eigenvalue weighted by Gasteiger charge is -2.36. The Kier molecular flexibility index (Phi) is 5.64. The van der Waals surface area contributed by atoms with Crippen molar-refractivity contribution in [1.29, 1.82) is 0 Å². The fraction of sp³-hybridized carbons (Fsp3) is 0.933. The molecular weight excluding hydrogens is 226 g/mol. The van der Waals surface area contributed by atoms with Gasteiger partial charge < -0.3 is 10.4 Å². The van der Waals surface area contributed by atoms with Crippen molar-refractivity contribution >= 4 is 5.91 Å². The van der Waals surface area contributed by atoms with E-state index < -0.39 is 0 Å². The number of hydrogen-bond acceptors (Lipinski definition) is 2. The minimum atomic E-state index is 0.136. The third kappa shape index (κ3) is 4.60. The van der Waals surface area contributed by atoms with E-state index in [2.05, 4.69) is 26.1 Å². The topological polar surface area (TPSA) is 49.3 Å². The van der Waals surface area contributed by atoms with Crippen LogP contribution >= 0.6 is 0 Å². The molecule has 1 aliphatic rings. The molecule has 1 fully saturated rings. The van der Waals surface area contributed by atoms with Gasteiger partial charge in [-0.05, 0) is 42.9 Å². The van der Waals surface area contributed by atoms with Gasteiger partial charge in [0, 0.05) is 19.1 Å². The zero-order valence-corrected chi connectivity index (χ0v) is 12.3. The van der Waals surface area contributed by atoms with Crippen molar-refractivity contribution in [2.45, 2.75) is 53.4 Å². The lowest BCUT2D eigenvalue weighted by Crippen LogP contribution is -2.37. The average molecular weight is 255 g/mol. The van der Waals surface area contributed by atoms with Gasteiger partial charge in [0.25, 0.3) is 0 Å². The Hall–Kier alpha value is -0.570. The Morgan fingerprint density at radius 1 is 1.28 bits per heavy atom. The molecule has 2 N–H and O–H groups in total. The minimum absolute atomic E-state index is 0.136. The summed E-state index contributed by atoms with van der Waals surface area (Å²) < 4.78 is 0. The molecule has 0 saturated heterocycles. The first-order chi connectivity index (χ1) is 8.34. The summed E-state index contributed by atoms with van der Waals surface area (Å²) >= 11 is 0. The molecule has 0 aromatic rings. The van der Waals surface area contributed by atoms with Crippen molar-refractivity contribution < 1.29 is 9.90 Å². The summed E-state index contributed by atoms with van der Waals surface area (Å²) in [6.07, 6.45) is 4.36. The van der Waals surface area contributed by atoms with Crippen molar-refractivity contribution in [2.24, 2.45) is 23.2 Å². The molecule has 3 nitrogen and oxygen atoms in total. The molecule has 0 aliphatic heterocycles. The Morgan fingerprint density at radius 3 is 2.28 bits per heavy atom. The van der Waals surface area contributed by atoms with Crippen molar-refractivity contribution in [3.63, 3.8) is 0 Å². The highest BCUT2D eigenvalue weighted by Gasteiger charge is 2.32. The Morgan fingerprint density at radius 2 is 1.83 bits per heavy atom. The number of nitrogens with one attached hydrogen (secondary N) is 1. The van der Waals surface area contributed by atoms with Crippen LogP contribution in [-0.2, 0) is 4.79 Å². The molecule has 3 heteroatoms. The van der Waals surface area contributed by atoms with Gasteiger partial charge in [-0.2, -0.15) is 0 Å². The average Bonchev–Trinajstić information content (AvgIpc) is 2.34. The van der Waals surface area contributed by atoms with Gasteiger partial charge in [-0.3, -0.25) is 4.79 Å². The molecule has 1 atom stereocenters. The third-order valence-corrected chi connectivity index (χ3v) is 4.26. The third-order valence-electron chi connectivity index (χ3n) is 4.26. The second kappa shape index (κ2) is 6.55. The zero-order chi connectivity index (χ0) is 13.8. The van der Waals surface area contributed by atoms with E-state index in [1.807, 2.05) is 6.92 Å². The van der Waals surface area contributed by atoms with Gasteiger partial charge in [0.2, 0.25) is 5.91 Å². The van der Waals surface area contributed by atoms with Crippen LogP contribution in [0.1, 0.15) is 53.4 Å². The fourth-order valence-corrected chi connectivity index (χ4v) is 2.71. The smallest absolute Gasteiger partial charge is 0.223 e. The standard InChI is InChI=1S/C15H29NO2/c1-11(10-17)9-16-14(18)12-5-7-13(8-6-12)15(2,3)4/h11-13,17H,5-10H2,1-4H3,(H,16,18). The number of amides is 1. The molecule has 0 heterocycles. The highest BCUT2D eigenvalue weighted by atomic mass is 16.3. The lowest BCUT2D eigenvalue weighted by molar-refractivity contribution is -0.126. The molecule has 0 aromatic heterocycles. The number of rotatable bonds is 4. The maximum atomic E-state index is 12.0. The maximum absolute atomic E-state index is 12.0. The monoisotopic (exact) mass is 255 g/mol. The molecule has 0 spiro atoms. The Balaban J connectivity index is 2.32. The van der Waals surface area contributed by atoms with E-state index in [0.29, 0.717) is 12.0 Å². The Labute approximate surface area is 111 Å². The van der Waals surface area contributed by atoms with Crippen LogP contribution in [0.2, 0.25) is 0 Å². The summed E-state index contributed by atoms with van der Waals surface area (Å²) in [5, 5.41) is 11.9. The molecule has 0 radical (unpaired) electrons. The van der Waals surface area contributed by atoms with Crippen LogP contribution in [0.4, 0.5) is 0 Å². The number of carbonyl (C=O) groups is 1. The molecule has 1 saturated carbocycles. The van der Waals surface area contributed by atoms with Gasteiger partial charge in [0.15, 0.2) is 0 Å². The van der Waals surface area contributed by atoms with E-state index in [4.69, 9.17) is 5.11 Å². The minimum Gasteiger partial charge on any atom is -0.396 e. The lowest BCUT2D eigenvalue weighted by atomic mass is 9.69. The second-order valence-electron chi connectivity index (χ2n) is 6.95. The largest absolute Gasteiger partial charge is 0.396 e. The summed E-state index contributed by atoms with van der Waals surface area (Å²) in [5.41, 5.74) is 0.368. The predicted octanol–water partition coefficient (Wildman–Crippen LogP) is 2.58. The van der Waals surface area contributed by atoms with Gasteiger partial charge in [-0.15, -0.1) is 0 Å². The number of hydrogen-bond donors (Lipinski definition) is 2. The number of carbonyl (C=O) groups excluding carboxylic acids is 1. The van der Waals surface area contributed by atoms with Gasteiger partial charge in [0.05, 0.1) is 0 Å². The van der Waals surface area contributed by atoms with Crippen LogP contribution in [0.15, 0.2) is 0 Å². The van der Waals surface area contributed by atoms with Crippen molar-refractivity contribution in [3.8, 4) is 0 Å². The van der Waals surface area contributed by atoms with Crippen molar-refractivity contribution in [3.05, 3.63) is 0 Å². The van der Waals surface area contributed by atoms with E-state index in [9.17, 15) is 4.79 Å². The maximum Gasteiger partial charge on any atom is 0.223 e. The molecule has 0 bridgehead atoms. The van der Waals surface area contributed by atoms with Crippen LogP contribution in [-0.4, -0.2) is 24.2 Å². The summed E-state index contributed by atoms with van der Waals surface area (Å²) in [4.78, 5) is 12.0. The van der Waals surface area contributed by atoms with E-state index in [1.165, 1.54) is 0 Å². The first-order valence-corrected chi connectivity index (χ1v) is 7.23. The number of aliphatic hydroxyl groups excluding tert-OH is 1. The normalized spacial score (nSPS) is 26.7. The molecule has 18 heavy (non-hydrogen) atoms. The highest BCUT2D eigenvalue weighted by Crippen LogP contribution is 2.39. The van der Waals surface area contributed by atoms with Crippen molar-refractivity contribution in [2.75, 3.05) is 13.2 Å².